The lowest BCUT2D eigenvalue weighted by molar-refractivity contribution is 0.410. The summed E-state index contributed by atoms with van der Waals surface area (Å²) in [7, 11) is -4.29. The molecule has 0 aliphatic carbocycles. The summed E-state index contributed by atoms with van der Waals surface area (Å²) >= 11 is 0. The lowest BCUT2D eigenvalue weighted by Gasteiger charge is -2.67. The van der Waals surface area contributed by atoms with Crippen molar-refractivity contribution in [3.8, 4) is 0 Å². The molecule has 0 aromatic rings. The molecular formula is C12H33N3Si3. The van der Waals surface area contributed by atoms with Gasteiger partial charge in [-0.05, 0) is 58.9 Å². The van der Waals surface area contributed by atoms with E-state index in [4.69, 9.17) is 0 Å². The molecule has 1 aliphatic heterocycles. The van der Waals surface area contributed by atoms with Gasteiger partial charge in [0.1, 0.15) is 0 Å². The summed E-state index contributed by atoms with van der Waals surface area (Å²) in [6, 6.07) is 0. The van der Waals surface area contributed by atoms with Gasteiger partial charge in [-0.2, -0.15) is 0 Å². The first-order valence-electron chi connectivity index (χ1n) is 7.41. The fraction of sp³-hybridized carbons (Fsp3) is 1.00. The van der Waals surface area contributed by atoms with Crippen LogP contribution in [0.5, 0.6) is 0 Å². The van der Waals surface area contributed by atoms with Crippen LogP contribution >= 0.6 is 0 Å². The van der Waals surface area contributed by atoms with Gasteiger partial charge in [-0.25, -0.2) is 0 Å². The van der Waals surface area contributed by atoms with E-state index in [2.05, 4.69) is 72.7 Å². The maximum absolute atomic E-state index is 2.92. The van der Waals surface area contributed by atoms with Crippen molar-refractivity contribution in [2.45, 2.75) is 60.1 Å². The van der Waals surface area contributed by atoms with E-state index in [-0.39, 0.29) is 0 Å². The standard InChI is InChI=1S/C12H33N3Si3/c1-10-13-16(4,5)14(11-2)18(8,9)15(12-3)17(13,6)7/h10-12H2,1-9H3. The molecule has 0 atom stereocenters. The largest absolute Gasteiger partial charge is 0.323 e. The molecule has 1 rings (SSSR count). The molecule has 1 heterocycles. The Kier molecular flexibility index (Phi) is 4.74. The molecule has 0 unspecified atom stereocenters. The van der Waals surface area contributed by atoms with E-state index in [1.54, 1.807) is 0 Å². The third-order valence-corrected chi connectivity index (χ3v) is 24.6. The molecule has 3 nitrogen and oxygen atoms in total. The highest BCUT2D eigenvalue weighted by atomic mass is 28.5. The SMILES string of the molecule is CCN1[Si](C)(C)N(CC)[Si](C)(C)N(CC)[Si]1(C)C. The third kappa shape index (κ3) is 2.20. The van der Waals surface area contributed by atoms with Crippen LogP contribution in [0.2, 0.25) is 39.3 Å². The van der Waals surface area contributed by atoms with E-state index in [0.29, 0.717) is 0 Å². The van der Waals surface area contributed by atoms with Crippen molar-refractivity contribution in [3.05, 3.63) is 0 Å². The van der Waals surface area contributed by atoms with E-state index in [0.717, 1.165) is 0 Å². The normalized spacial score (nSPS) is 28.5. The predicted molar refractivity (Wildman–Crippen MR) is 89.6 cm³/mol. The summed E-state index contributed by atoms with van der Waals surface area (Å²) in [5.74, 6) is 0. The van der Waals surface area contributed by atoms with Gasteiger partial charge >= 0.3 is 0 Å². The quantitative estimate of drug-likeness (QED) is 0.742. The molecular weight excluding hydrogens is 270 g/mol. The van der Waals surface area contributed by atoms with Crippen molar-refractivity contribution in [1.29, 1.82) is 0 Å². The lowest BCUT2D eigenvalue weighted by Crippen LogP contribution is -2.89. The summed E-state index contributed by atoms with van der Waals surface area (Å²) in [6.07, 6.45) is 0. The van der Waals surface area contributed by atoms with E-state index < -0.39 is 25.2 Å². The van der Waals surface area contributed by atoms with E-state index in [1.807, 2.05) is 0 Å². The van der Waals surface area contributed by atoms with Gasteiger partial charge < -0.3 is 12.7 Å². The smallest absolute Gasteiger partial charge is 0.189 e. The van der Waals surface area contributed by atoms with E-state index in [1.165, 1.54) is 19.6 Å². The number of nitrogens with zero attached hydrogens (tertiary/aromatic N) is 3. The average Bonchev–Trinajstić information content (AvgIpc) is 2.15. The summed E-state index contributed by atoms with van der Waals surface area (Å²) in [6.45, 7) is 26.1. The van der Waals surface area contributed by atoms with Crippen LogP contribution in [0, 0.1) is 0 Å². The van der Waals surface area contributed by atoms with Crippen LogP contribution in [0.4, 0.5) is 0 Å². The Hall–Kier alpha value is 0.531. The summed E-state index contributed by atoms with van der Waals surface area (Å²) in [5, 5.41) is 0. The first-order valence-corrected chi connectivity index (χ1v) is 16.1. The maximum Gasteiger partial charge on any atom is 0.189 e. The van der Waals surface area contributed by atoms with Gasteiger partial charge in [0.25, 0.3) is 0 Å². The first kappa shape index (κ1) is 16.6. The average molecular weight is 304 g/mol. The minimum absolute atomic E-state index is 1.22. The fourth-order valence-corrected chi connectivity index (χ4v) is 29.4. The Morgan fingerprint density at radius 1 is 0.500 bits per heavy atom. The highest BCUT2D eigenvalue weighted by molar-refractivity contribution is 7.03. The molecule has 0 spiro atoms. The van der Waals surface area contributed by atoms with Crippen LogP contribution in [-0.2, 0) is 0 Å². The third-order valence-electron chi connectivity index (χ3n) is 4.91. The molecule has 6 heteroatoms. The zero-order valence-electron chi connectivity index (χ0n) is 14.0. The molecule has 108 valence electrons. The molecule has 1 saturated heterocycles. The Morgan fingerprint density at radius 2 is 0.667 bits per heavy atom. The van der Waals surface area contributed by atoms with E-state index in [9.17, 15) is 0 Å². The van der Waals surface area contributed by atoms with Crippen LogP contribution in [0.1, 0.15) is 20.8 Å². The van der Waals surface area contributed by atoms with Crippen LogP contribution in [0.3, 0.4) is 0 Å². The monoisotopic (exact) mass is 303 g/mol. The van der Waals surface area contributed by atoms with E-state index >= 15 is 0 Å². The number of hydrogen-bond donors (Lipinski definition) is 0. The zero-order valence-corrected chi connectivity index (χ0v) is 17.0. The Balaban J connectivity index is 3.36. The van der Waals surface area contributed by atoms with Crippen LogP contribution in [0.15, 0.2) is 0 Å². The molecule has 0 radical (unpaired) electrons. The first-order chi connectivity index (χ1) is 8.08. The van der Waals surface area contributed by atoms with Gasteiger partial charge in [-0.3, -0.25) is 0 Å². The van der Waals surface area contributed by atoms with Crippen LogP contribution < -0.4 is 0 Å². The Bertz CT molecular complexity index is 239. The lowest BCUT2D eigenvalue weighted by atomic mass is 10.8. The molecule has 0 aromatic heterocycles. The van der Waals surface area contributed by atoms with Crippen molar-refractivity contribution in [2.75, 3.05) is 19.6 Å². The second-order valence-corrected chi connectivity index (χ2v) is 20.3. The van der Waals surface area contributed by atoms with Gasteiger partial charge in [0, 0.05) is 0 Å². The molecule has 18 heavy (non-hydrogen) atoms. The molecule has 1 fully saturated rings. The zero-order chi connectivity index (χ0) is 14.4. The summed E-state index contributed by atoms with van der Waals surface area (Å²) in [4.78, 5) is 0. The van der Waals surface area contributed by atoms with Crippen molar-refractivity contribution in [3.63, 3.8) is 0 Å². The highest BCUT2D eigenvalue weighted by Gasteiger charge is 2.59. The summed E-state index contributed by atoms with van der Waals surface area (Å²) < 4.78 is 8.77. The van der Waals surface area contributed by atoms with Crippen molar-refractivity contribution in [2.24, 2.45) is 0 Å². The maximum atomic E-state index is 2.92. The Morgan fingerprint density at radius 3 is 0.778 bits per heavy atom. The molecule has 0 saturated carbocycles. The van der Waals surface area contributed by atoms with Crippen molar-refractivity contribution < 1.29 is 0 Å². The molecule has 0 amide bonds. The minimum atomic E-state index is -1.43. The van der Waals surface area contributed by atoms with Gasteiger partial charge in [-0.1, -0.05) is 20.8 Å². The number of rotatable bonds is 3. The molecule has 0 bridgehead atoms. The minimum Gasteiger partial charge on any atom is -0.323 e. The van der Waals surface area contributed by atoms with Crippen molar-refractivity contribution in [1.82, 2.24) is 12.7 Å². The van der Waals surface area contributed by atoms with Crippen molar-refractivity contribution >= 4 is 25.2 Å². The van der Waals surface area contributed by atoms with Gasteiger partial charge in [-0.15, -0.1) is 0 Å². The highest BCUT2D eigenvalue weighted by Crippen LogP contribution is 2.37. The molecule has 1 aliphatic rings. The van der Waals surface area contributed by atoms with Gasteiger partial charge in [0.2, 0.25) is 0 Å². The fourth-order valence-electron chi connectivity index (χ4n) is 4.77. The predicted octanol–water partition coefficient (Wildman–Crippen LogP) is 3.07. The molecule has 0 aromatic carbocycles. The second-order valence-electron chi connectivity index (χ2n) is 6.72. The number of hydrogen-bond acceptors (Lipinski definition) is 3. The van der Waals surface area contributed by atoms with Crippen LogP contribution in [0.25, 0.3) is 0 Å². The van der Waals surface area contributed by atoms with Gasteiger partial charge in [0.05, 0.1) is 0 Å². The summed E-state index contributed by atoms with van der Waals surface area (Å²) in [5.41, 5.74) is 0. The van der Waals surface area contributed by atoms with Gasteiger partial charge in [0.15, 0.2) is 25.2 Å². The Labute approximate surface area is 118 Å². The second kappa shape index (κ2) is 5.14. The topological polar surface area (TPSA) is 9.72 Å². The van der Waals surface area contributed by atoms with Crippen LogP contribution in [-0.4, -0.2) is 57.5 Å². The molecule has 0 N–H and O–H groups in total.